The lowest BCUT2D eigenvalue weighted by atomic mass is 10.2. The van der Waals surface area contributed by atoms with Crippen LogP contribution in [0.3, 0.4) is 0 Å². The van der Waals surface area contributed by atoms with Crippen molar-refractivity contribution in [1.29, 1.82) is 0 Å². The summed E-state index contributed by atoms with van der Waals surface area (Å²) in [5.41, 5.74) is 0. The first-order valence-corrected chi connectivity index (χ1v) is 5.78. The molecule has 1 rings (SSSR count). The Morgan fingerprint density at radius 3 is 2.67 bits per heavy atom. The van der Waals surface area contributed by atoms with E-state index in [1.54, 1.807) is 0 Å². The van der Waals surface area contributed by atoms with Crippen LogP contribution >= 0.6 is 0 Å². The highest BCUT2D eigenvalue weighted by Crippen LogP contribution is 2.13. The predicted octanol–water partition coefficient (Wildman–Crippen LogP) is 0.914. The molecule has 86 valence electrons. The maximum Gasteiger partial charge on any atom is 0.246 e. The van der Waals surface area contributed by atoms with Crippen molar-refractivity contribution in [3.8, 4) is 0 Å². The van der Waals surface area contributed by atoms with Crippen LogP contribution < -0.4 is 5.32 Å². The van der Waals surface area contributed by atoms with Gasteiger partial charge in [0.2, 0.25) is 11.8 Å². The van der Waals surface area contributed by atoms with Gasteiger partial charge >= 0.3 is 0 Å². The Hall–Kier alpha value is -0.900. The third-order valence-corrected chi connectivity index (χ3v) is 2.61. The predicted molar refractivity (Wildman–Crippen MR) is 58.3 cm³/mol. The molecule has 4 nitrogen and oxygen atoms in total. The molecule has 1 unspecified atom stereocenters. The second kappa shape index (κ2) is 5.85. The summed E-state index contributed by atoms with van der Waals surface area (Å²) in [6, 6.07) is -0.268. The summed E-state index contributed by atoms with van der Waals surface area (Å²) in [5.74, 6) is -0.0752. The molecule has 1 atom stereocenters. The maximum atomic E-state index is 11.7. The highest BCUT2D eigenvalue weighted by Gasteiger charge is 2.37. The zero-order valence-electron chi connectivity index (χ0n) is 9.58. The molecule has 1 aliphatic heterocycles. The molecule has 15 heavy (non-hydrogen) atoms. The summed E-state index contributed by atoms with van der Waals surface area (Å²) >= 11 is 0. The van der Waals surface area contributed by atoms with Gasteiger partial charge in [-0.1, -0.05) is 20.3 Å². The smallest absolute Gasteiger partial charge is 0.246 e. The molecule has 0 radical (unpaired) electrons. The van der Waals surface area contributed by atoms with Crippen LogP contribution in [0.5, 0.6) is 0 Å². The van der Waals surface area contributed by atoms with Crippen molar-refractivity contribution in [2.75, 3.05) is 13.1 Å². The zero-order chi connectivity index (χ0) is 11.3. The summed E-state index contributed by atoms with van der Waals surface area (Å²) in [6.07, 6.45) is 3.31. The molecule has 1 N–H and O–H groups in total. The van der Waals surface area contributed by atoms with Gasteiger partial charge < -0.3 is 5.32 Å². The number of unbranched alkanes of at least 4 members (excludes halogenated alkanes) is 1. The van der Waals surface area contributed by atoms with Gasteiger partial charge in [0.05, 0.1) is 12.5 Å². The van der Waals surface area contributed by atoms with Crippen LogP contribution in [0.4, 0.5) is 0 Å². The molecule has 0 aliphatic carbocycles. The van der Waals surface area contributed by atoms with Crippen LogP contribution in [0.25, 0.3) is 0 Å². The Balaban J connectivity index is 2.42. The Morgan fingerprint density at radius 2 is 2.07 bits per heavy atom. The van der Waals surface area contributed by atoms with E-state index in [-0.39, 0.29) is 17.9 Å². The molecule has 0 aromatic rings. The fourth-order valence-electron chi connectivity index (χ4n) is 1.75. The number of hydrogen-bond donors (Lipinski definition) is 1. The van der Waals surface area contributed by atoms with Crippen LogP contribution in [0.2, 0.25) is 0 Å². The summed E-state index contributed by atoms with van der Waals surface area (Å²) in [5, 5.41) is 3.14. The van der Waals surface area contributed by atoms with E-state index in [4.69, 9.17) is 0 Å². The van der Waals surface area contributed by atoms with Crippen molar-refractivity contribution in [2.24, 2.45) is 0 Å². The molecular formula is C11H20N2O2. The average Bonchev–Trinajstić information content (AvgIpc) is 2.47. The fraction of sp³-hybridized carbons (Fsp3) is 0.818. The highest BCUT2D eigenvalue weighted by atomic mass is 16.2. The molecule has 1 fully saturated rings. The van der Waals surface area contributed by atoms with Crippen molar-refractivity contribution in [1.82, 2.24) is 10.2 Å². The maximum absolute atomic E-state index is 11.7. The molecule has 0 aromatic carbocycles. The molecule has 0 bridgehead atoms. The van der Waals surface area contributed by atoms with Gasteiger partial charge in [-0.15, -0.1) is 0 Å². The minimum Gasteiger partial charge on any atom is -0.305 e. The number of likely N-dealkylation sites (tertiary alicyclic amines) is 1. The number of nitrogens with zero attached hydrogens (tertiary/aromatic N) is 1. The number of imide groups is 1. The van der Waals surface area contributed by atoms with Gasteiger partial charge in [0.25, 0.3) is 0 Å². The lowest BCUT2D eigenvalue weighted by Crippen LogP contribution is -2.39. The third kappa shape index (κ3) is 3.02. The SMILES string of the molecule is CCCCNC1CC(=O)N(CCC)C1=O. The van der Waals surface area contributed by atoms with E-state index in [2.05, 4.69) is 12.2 Å². The van der Waals surface area contributed by atoms with Crippen molar-refractivity contribution < 1.29 is 9.59 Å². The average molecular weight is 212 g/mol. The van der Waals surface area contributed by atoms with Gasteiger partial charge in [-0.3, -0.25) is 14.5 Å². The van der Waals surface area contributed by atoms with Crippen LogP contribution in [-0.4, -0.2) is 35.8 Å². The highest BCUT2D eigenvalue weighted by molar-refractivity contribution is 6.05. The second-order valence-electron chi connectivity index (χ2n) is 3.95. The minimum absolute atomic E-state index is 0.0316. The van der Waals surface area contributed by atoms with Crippen LogP contribution in [-0.2, 0) is 9.59 Å². The monoisotopic (exact) mass is 212 g/mol. The van der Waals surface area contributed by atoms with Crippen LogP contribution in [0.1, 0.15) is 39.5 Å². The molecule has 0 saturated carbocycles. The fourth-order valence-corrected chi connectivity index (χ4v) is 1.75. The number of amides is 2. The third-order valence-electron chi connectivity index (χ3n) is 2.61. The lowest BCUT2D eigenvalue weighted by molar-refractivity contribution is -0.138. The van der Waals surface area contributed by atoms with Gasteiger partial charge in [0.15, 0.2) is 0 Å². The summed E-state index contributed by atoms with van der Waals surface area (Å²) in [7, 11) is 0. The Bertz CT molecular complexity index is 241. The Kier molecular flexibility index (Phi) is 4.75. The van der Waals surface area contributed by atoms with Gasteiger partial charge in [0, 0.05) is 6.54 Å². The van der Waals surface area contributed by atoms with E-state index in [1.165, 1.54) is 4.90 Å². The minimum atomic E-state index is -0.268. The van der Waals surface area contributed by atoms with Crippen LogP contribution in [0, 0.1) is 0 Å². The largest absolute Gasteiger partial charge is 0.305 e. The second-order valence-corrected chi connectivity index (χ2v) is 3.95. The quantitative estimate of drug-likeness (QED) is 0.526. The van der Waals surface area contributed by atoms with Gasteiger partial charge in [-0.2, -0.15) is 0 Å². The van der Waals surface area contributed by atoms with Crippen molar-refractivity contribution in [2.45, 2.75) is 45.6 Å². The summed E-state index contributed by atoms with van der Waals surface area (Å²) in [6.45, 7) is 5.45. The van der Waals surface area contributed by atoms with E-state index in [9.17, 15) is 9.59 Å². The van der Waals surface area contributed by atoms with Crippen molar-refractivity contribution >= 4 is 11.8 Å². The van der Waals surface area contributed by atoms with E-state index in [0.29, 0.717) is 13.0 Å². The molecule has 2 amide bonds. The number of carbonyl (C=O) groups is 2. The zero-order valence-corrected chi connectivity index (χ0v) is 9.58. The van der Waals surface area contributed by atoms with E-state index < -0.39 is 0 Å². The first-order chi connectivity index (χ1) is 7.20. The normalized spacial score (nSPS) is 21.5. The van der Waals surface area contributed by atoms with Gasteiger partial charge in [-0.05, 0) is 19.4 Å². The topological polar surface area (TPSA) is 49.4 Å². The summed E-state index contributed by atoms with van der Waals surface area (Å²) in [4.78, 5) is 24.6. The number of hydrogen-bond acceptors (Lipinski definition) is 3. The van der Waals surface area contributed by atoms with Crippen molar-refractivity contribution in [3.05, 3.63) is 0 Å². The summed E-state index contributed by atoms with van der Waals surface area (Å²) < 4.78 is 0. The number of carbonyl (C=O) groups excluding carboxylic acids is 2. The van der Waals surface area contributed by atoms with E-state index >= 15 is 0 Å². The lowest BCUT2D eigenvalue weighted by Gasteiger charge is -2.14. The molecular weight excluding hydrogens is 192 g/mol. The number of rotatable bonds is 6. The van der Waals surface area contributed by atoms with E-state index in [0.717, 1.165) is 25.8 Å². The number of nitrogens with one attached hydrogen (secondary N) is 1. The van der Waals surface area contributed by atoms with Gasteiger partial charge in [-0.25, -0.2) is 0 Å². The molecule has 1 aliphatic rings. The molecule has 4 heteroatoms. The molecule has 1 heterocycles. The first kappa shape index (κ1) is 12.2. The van der Waals surface area contributed by atoms with Gasteiger partial charge in [0.1, 0.15) is 0 Å². The van der Waals surface area contributed by atoms with Crippen LogP contribution in [0.15, 0.2) is 0 Å². The molecule has 0 spiro atoms. The molecule has 0 aromatic heterocycles. The van der Waals surface area contributed by atoms with Crippen molar-refractivity contribution in [3.63, 3.8) is 0 Å². The standard InChI is InChI=1S/C11H20N2O2/c1-3-5-6-12-9-8-10(14)13(7-4-2)11(9)15/h9,12H,3-8H2,1-2H3. The Morgan fingerprint density at radius 1 is 1.33 bits per heavy atom. The molecule has 1 saturated heterocycles. The van der Waals surface area contributed by atoms with E-state index in [1.807, 2.05) is 6.92 Å². The first-order valence-electron chi connectivity index (χ1n) is 5.78. The Labute approximate surface area is 91.0 Å².